The molecule has 13 heteroatoms. The molecular formula is C28H29F3N8O2. The summed E-state index contributed by atoms with van der Waals surface area (Å²) in [6, 6.07) is 8.23. The van der Waals surface area contributed by atoms with Crippen LogP contribution in [0.1, 0.15) is 36.1 Å². The zero-order valence-corrected chi connectivity index (χ0v) is 22.6. The summed E-state index contributed by atoms with van der Waals surface area (Å²) in [6.45, 7) is 4.17. The molecule has 0 bridgehead atoms. The Labute approximate surface area is 233 Å². The first-order chi connectivity index (χ1) is 19.5. The normalized spacial score (nSPS) is 22.4. The van der Waals surface area contributed by atoms with E-state index in [9.17, 15) is 18.0 Å². The highest BCUT2D eigenvalue weighted by atomic mass is 19.4. The monoisotopic (exact) mass is 566 g/mol. The first-order valence-electron chi connectivity index (χ1n) is 13.2. The summed E-state index contributed by atoms with van der Waals surface area (Å²) in [7, 11) is 1.96. The summed E-state index contributed by atoms with van der Waals surface area (Å²) in [5.41, 5.74) is 6.52. The summed E-state index contributed by atoms with van der Waals surface area (Å²) in [6.07, 6.45) is -0.161. The number of amides is 1. The Bertz CT molecular complexity index is 1690. The molecule has 5 heterocycles. The molecule has 0 aliphatic carbocycles. The topological polar surface area (TPSA) is 111 Å². The van der Waals surface area contributed by atoms with Crippen molar-refractivity contribution in [2.45, 2.75) is 44.1 Å². The largest absolute Gasteiger partial charge is 0.465 e. The van der Waals surface area contributed by atoms with Crippen molar-refractivity contribution in [3.05, 3.63) is 71.6 Å². The van der Waals surface area contributed by atoms with Crippen LogP contribution in [0.2, 0.25) is 0 Å². The number of aryl methyl sites for hydroxylation is 1. The molecule has 2 aliphatic rings. The summed E-state index contributed by atoms with van der Waals surface area (Å²) < 4.78 is 44.7. The lowest BCUT2D eigenvalue weighted by Crippen LogP contribution is -2.41. The van der Waals surface area contributed by atoms with Gasteiger partial charge in [-0.05, 0) is 55.2 Å². The van der Waals surface area contributed by atoms with E-state index in [1.807, 2.05) is 37.3 Å². The van der Waals surface area contributed by atoms with Gasteiger partial charge in [0.2, 0.25) is 0 Å². The van der Waals surface area contributed by atoms with Gasteiger partial charge in [0.25, 0.3) is 0 Å². The third kappa shape index (κ3) is 4.64. The van der Waals surface area contributed by atoms with E-state index < -0.39 is 24.4 Å². The van der Waals surface area contributed by atoms with Crippen LogP contribution in [0.15, 0.2) is 54.9 Å². The van der Waals surface area contributed by atoms with Gasteiger partial charge < -0.3 is 15.8 Å². The fourth-order valence-electron chi connectivity index (χ4n) is 6.00. The van der Waals surface area contributed by atoms with Gasteiger partial charge in [0, 0.05) is 44.0 Å². The number of hydrogen-bond donors (Lipinski definition) is 3. The minimum atomic E-state index is -4.58. The van der Waals surface area contributed by atoms with Gasteiger partial charge in [-0.15, -0.1) is 10.2 Å². The fraction of sp³-hybridized carbons (Fsp3) is 0.357. The molecular weight excluding hydrogens is 537 g/mol. The Morgan fingerprint density at radius 1 is 1.20 bits per heavy atom. The van der Waals surface area contributed by atoms with E-state index in [4.69, 9.17) is 10.1 Å². The van der Waals surface area contributed by atoms with Crippen LogP contribution in [0.5, 0.6) is 0 Å². The molecule has 1 amide bonds. The van der Waals surface area contributed by atoms with Crippen LogP contribution in [0.25, 0.3) is 28.1 Å². The molecule has 4 aromatic rings. The minimum absolute atomic E-state index is 0.0118. The Kier molecular flexibility index (Phi) is 6.38. The molecule has 0 saturated carbocycles. The van der Waals surface area contributed by atoms with Gasteiger partial charge in [-0.3, -0.25) is 9.30 Å². The van der Waals surface area contributed by atoms with E-state index >= 15 is 0 Å². The van der Waals surface area contributed by atoms with Crippen LogP contribution in [0, 0.1) is 6.92 Å². The molecule has 3 N–H and O–H groups in total. The molecule has 0 spiro atoms. The number of hydrazine groups is 1. The standard InChI is InChI=1S/C28H29F3N8O2/c1-16-20(27(2)11-12-32-37(27)3)7-4-17-5-8-21(34-23(16)17)25-36-35-22-9-6-18(14-39(22)25)24(28(29,30)31)38-13-10-19(15-38)33-26(40)41/h4-9,11-12,14,19,24,32-33H,10,13,15H2,1-3H3,(H,40,41)/t19-,24+,27?/m0/s1. The second-order valence-corrected chi connectivity index (χ2v) is 10.8. The predicted molar refractivity (Wildman–Crippen MR) is 146 cm³/mol. The number of halogens is 3. The maximum Gasteiger partial charge on any atom is 0.408 e. The van der Waals surface area contributed by atoms with Crippen molar-refractivity contribution in [2.24, 2.45) is 0 Å². The van der Waals surface area contributed by atoms with E-state index in [1.54, 1.807) is 6.07 Å². The molecule has 1 saturated heterocycles. The highest BCUT2D eigenvalue weighted by Gasteiger charge is 2.47. The maximum atomic E-state index is 14.4. The summed E-state index contributed by atoms with van der Waals surface area (Å²) in [5.74, 6) is 0.326. The summed E-state index contributed by atoms with van der Waals surface area (Å²) >= 11 is 0. The third-order valence-electron chi connectivity index (χ3n) is 8.23. The minimum Gasteiger partial charge on any atom is -0.465 e. The van der Waals surface area contributed by atoms with Crippen LogP contribution >= 0.6 is 0 Å². The highest BCUT2D eigenvalue weighted by molar-refractivity contribution is 5.85. The Morgan fingerprint density at radius 2 is 1.98 bits per heavy atom. The van der Waals surface area contributed by atoms with Gasteiger partial charge in [0.05, 0.1) is 11.1 Å². The number of pyridine rings is 2. The van der Waals surface area contributed by atoms with Crippen molar-refractivity contribution in [3.63, 3.8) is 0 Å². The molecule has 3 aromatic heterocycles. The van der Waals surface area contributed by atoms with E-state index in [1.165, 1.54) is 27.6 Å². The number of fused-ring (bicyclic) bond motifs is 2. The van der Waals surface area contributed by atoms with Gasteiger partial charge in [0.1, 0.15) is 11.7 Å². The van der Waals surface area contributed by atoms with Crippen molar-refractivity contribution in [1.82, 2.24) is 40.2 Å². The average molecular weight is 567 g/mol. The molecule has 0 radical (unpaired) electrons. The predicted octanol–water partition coefficient (Wildman–Crippen LogP) is 4.38. The number of aromatic nitrogens is 4. The second kappa shape index (κ2) is 9.70. The molecule has 6 rings (SSSR count). The lowest BCUT2D eigenvalue weighted by atomic mass is 9.87. The average Bonchev–Trinajstić information content (AvgIpc) is 3.62. The lowest BCUT2D eigenvalue weighted by molar-refractivity contribution is -0.184. The van der Waals surface area contributed by atoms with E-state index in [2.05, 4.69) is 40.0 Å². The number of nitrogens with one attached hydrogen (secondary N) is 2. The number of hydrogen-bond acceptors (Lipinski definition) is 7. The van der Waals surface area contributed by atoms with Crippen molar-refractivity contribution in [2.75, 3.05) is 20.1 Å². The second-order valence-electron chi connectivity index (χ2n) is 10.8. The molecule has 214 valence electrons. The lowest BCUT2D eigenvalue weighted by Gasteiger charge is -2.33. The van der Waals surface area contributed by atoms with E-state index in [0.29, 0.717) is 23.6 Å². The van der Waals surface area contributed by atoms with Crippen molar-refractivity contribution in [1.29, 1.82) is 0 Å². The number of likely N-dealkylation sites (tertiary alicyclic amines) is 1. The molecule has 1 fully saturated rings. The molecule has 1 aromatic carbocycles. The number of rotatable bonds is 5. The van der Waals surface area contributed by atoms with Crippen LogP contribution in [-0.2, 0) is 5.54 Å². The number of nitrogens with zero attached hydrogens (tertiary/aromatic N) is 6. The SMILES string of the molecule is Cc1c(C2(C)C=CNN2C)ccc2ccc(-c3nnc4ccc([C@@H](N5CC[C@H](NC(=O)O)C5)C(F)(F)F)cn34)nc12. The summed E-state index contributed by atoms with van der Waals surface area (Å²) in [4.78, 5) is 17.2. The quantitative estimate of drug-likeness (QED) is 0.327. The number of likely N-dealkylation sites (N-methyl/N-ethyl adjacent to an activating group) is 1. The van der Waals surface area contributed by atoms with Gasteiger partial charge in [0.15, 0.2) is 11.5 Å². The Hall–Kier alpha value is -4.23. The molecule has 41 heavy (non-hydrogen) atoms. The summed E-state index contributed by atoms with van der Waals surface area (Å²) in [5, 5.41) is 22.7. The van der Waals surface area contributed by atoms with Gasteiger partial charge in [-0.1, -0.05) is 24.3 Å². The molecule has 2 aliphatic heterocycles. The smallest absolute Gasteiger partial charge is 0.408 e. The van der Waals surface area contributed by atoms with Crippen LogP contribution < -0.4 is 10.7 Å². The van der Waals surface area contributed by atoms with Crippen molar-refractivity contribution < 1.29 is 23.1 Å². The Morgan fingerprint density at radius 3 is 2.68 bits per heavy atom. The first-order valence-corrected chi connectivity index (χ1v) is 13.2. The van der Waals surface area contributed by atoms with Gasteiger partial charge in [-0.2, -0.15) is 13.2 Å². The number of carbonyl (C=O) groups is 1. The third-order valence-corrected chi connectivity index (χ3v) is 8.23. The molecule has 1 unspecified atom stereocenters. The van der Waals surface area contributed by atoms with Gasteiger partial charge in [-0.25, -0.2) is 14.8 Å². The highest BCUT2D eigenvalue weighted by Crippen LogP contribution is 2.40. The Balaban J connectivity index is 1.40. The number of alkyl halides is 3. The number of benzene rings is 1. The van der Waals surface area contributed by atoms with Gasteiger partial charge >= 0.3 is 12.3 Å². The molecule has 10 nitrogen and oxygen atoms in total. The van der Waals surface area contributed by atoms with Crippen LogP contribution in [-0.4, -0.2) is 73.0 Å². The zero-order chi connectivity index (χ0) is 29.1. The van der Waals surface area contributed by atoms with Crippen LogP contribution in [0.3, 0.4) is 0 Å². The van der Waals surface area contributed by atoms with Crippen LogP contribution in [0.4, 0.5) is 18.0 Å². The zero-order valence-electron chi connectivity index (χ0n) is 22.6. The molecule has 3 atom stereocenters. The number of carboxylic acid groups (broad SMARTS) is 1. The first kappa shape index (κ1) is 27.0. The van der Waals surface area contributed by atoms with E-state index in [0.717, 1.165) is 22.0 Å². The fourth-order valence-corrected chi connectivity index (χ4v) is 6.00. The van der Waals surface area contributed by atoms with E-state index in [-0.39, 0.29) is 24.2 Å². The van der Waals surface area contributed by atoms with Crippen molar-refractivity contribution in [3.8, 4) is 11.5 Å². The maximum absolute atomic E-state index is 14.4. The van der Waals surface area contributed by atoms with Crippen molar-refractivity contribution >= 4 is 22.6 Å².